The molecule has 31 heavy (non-hydrogen) atoms. The third-order valence-electron chi connectivity index (χ3n) is 5.53. The molecule has 1 aliphatic rings. The Kier molecular flexibility index (Phi) is 6.79. The van der Waals surface area contributed by atoms with Gasteiger partial charge in [-0.05, 0) is 56.1 Å². The number of amides is 1. The van der Waals surface area contributed by atoms with Gasteiger partial charge in [-0.15, -0.1) is 0 Å². The lowest BCUT2D eigenvalue weighted by Crippen LogP contribution is -2.36. The molecular formula is C24H25ClN4O2. The molecule has 2 N–H and O–H groups in total. The van der Waals surface area contributed by atoms with Gasteiger partial charge in [0, 0.05) is 46.7 Å². The number of pyridine rings is 2. The fraction of sp³-hybridized carbons (Fsp3) is 0.292. The number of piperidine rings is 1. The van der Waals surface area contributed by atoms with Gasteiger partial charge in [0.15, 0.2) is 0 Å². The zero-order valence-corrected chi connectivity index (χ0v) is 18.2. The lowest BCUT2D eigenvalue weighted by molar-refractivity contribution is 0.0944. The number of carbonyl (C=O) groups is 1. The molecule has 0 saturated carbocycles. The van der Waals surface area contributed by atoms with Crippen LogP contribution in [0.3, 0.4) is 0 Å². The number of methoxy groups -OCH3 is 1. The molecule has 3 heterocycles. The van der Waals surface area contributed by atoms with Crippen LogP contribution in [0.4, 0.5) is 0 Å². The Morgan fingerprint density at radius 3 is 2.52 bits per heavy atom. The minimum absolute atomic E-state index is 0.114. The summed E-state index contributed by atoms with van der Waals surface area (Å²) in [6.45, 7) is 2.69. The van der Waals surface area contributed by atoms with Gasteiger partial charge in [-0.1, -0.05) is 23.7 Å². The van der Waals surface area contributed by atoms with Crippen molar-refractivity contribution in [1.29, 1.82) is 0 Å². The summed E-state index contributed by atoms with van der Waals surface area (Å²) >= 11 is 6.05. The SMILES string of the molecule is COc1ccc(-c2cc(C(=O)NCC3CCNCC3)cnc2-c2ccc(Cl)cc2)cn1. The van der Waals surface area contributed by atoms with Crippen LogP contribution in [0.2, 0.25) is 5.02 Å². The van der Waals surface area contributed by atoms with E-state index in [4.69, 9.17) is 16.3 Å². The van der Waals surface area contributed by atoms with Gasteiger partial charge in [0.2, 0.25) is 5.88 Å². The van der Waals surface area contributed by atoms with E-state index >= 15 is 0 Å². The van der Waals surface area contributed by atoms with E-state index in [1.54, 1.807) is 25.6 Å². The lowest BCUT2D eigenvalue weighted by atomic mass is 9.97. The van der Waals surface area contributed by atoms with Crippen LogP contribution in [-0.4, -0.2) is 42.6 Å². The molecule has 6 nitrogen and oxygen atoms in total. The van der Waals surface area contributed by atoms with E-state index in [2.05, 4.69) is 20.6 Å². The van der Waals surface area contributed by atoms with Gasteiger partial charge in [-0.25, -0.2) is 4.98 Å². The zero-order valence-electron chi connectivity index (χ0n) is 17.4. The highest BCUT2D eigenvalue weighted by Crippen LogP contribution is 2.32. The van der Waals surface area contributed by atoms with Crippen molar-refractivity contribution >= 4 is 17.5 Å². The van der Waals surface area contributed by atoms with Crippen molar-refractivity contribution in [2.45, 2.75) is 12.8 Å². The summed E-state index contributed by atoms with van der Waals surface area (Å²) in [7, 11) is 1.58. The highest BCUT2D eigenvalue weighted by Gasteiger charge is 2.17. The normalized spacial score (nSPS) is 14.3. The average Bonchev–Trinajstić information content (AvgIpc) is 2.83. The number of aromatic nitrogens is 2. The molecule has 4 rings (SSSR count). The Balaban J connectivity index is 1.64. The van der Waals surface area contributed by atoms with E-state index in [0.717, 1.165) is 48.3 Å². The van der Waals surface area contributed by atoms with E-state index in [1.807, 2.05) is 36.4 Å². The molecule has 1 amide bonds. The van der Waals surface area contributed by atoms with Crippen LogP contribution in [-0.2, 0) is 0 Å². The van der Waals surface area contributed by atoms with E-state index in [-0.39, 0.29) is 5.91 Å². The van der Waals surface area contributed by atoms with Gasteiger partial charge in [0.05, 0.1) is 18.4 Å². The quantitative estimate of drug-likeness (QED) is 0.605. The summed E-state index contributed by atoms with van der Waals surface area (Å²) in [5.74, 6) is 0.925. The molecule has 0 aliphatic carbocycles. The number of hydrogen-bond donors (Lipinski definition) is 2. The van der Waals surface area contributed by atoms with Crippen LogP contribution in [0.25, 0.3) is 22.4 Å². The van der Waals surface area contributed by atoms with Gasteiger partial charge < -0.3 is 15.4 Å². The van der Waals surface area contributed by atoms with Crippen molar-refractivity contribution in [1.82, 2.24) is 20.6 Å². The molecule has 3 aromatic rings. The lowest BCUT2D eigenvalue weighted by Gasteiger charge is -2.22. The maximum Gasteiger partial charge on any atom is 0.252 e. The summed E-state index contributed by atoms with van der Waals surface area (Å²) < 4.78 is 5.17. The summed E-state index contributed by atoms with van der Waals surface area (Å²) in [6.07, 6.45) is 5.52. The van der Waals surface area contributed by atoms with E-state index in [9.17, 15) is 4.79 Å². The first-order valence-corrected chi connectivity index (χ1v) is 10.8. The summed E-state index contributed by atoms with van der Waals surface area (Å²) in [5, 5.41) is 7.08. The monoisotopic (exact) mass is 436 g/mol. The van der Waals surface area contributed by atoms with Crippen LogP contribution in [0.15, 0.2) is 54.9 Å². The number of hydrogen-bond acceptors (Lipinski definition) is 5. The van der Waals surface area contributed by atoms with Crippen LogP contribution in [0.5, 0.6) is 5.88 Å². The molecular weight excluding hydrogens is 412 g/mol. The van der Waals surface area contributed by atoms with Crippen molar-refractivity contribution in [3.63, 3.8) is 0 Å². The molecule has 7 heteroatoms. The number of rotatable bonds is 6. The highest BCUT2D eigenvalue weighted by molar-refractivity contribution is 6.30. The Hall–Kier alpha value is -2.96. The molecule has 0 spiro atoms. The maximum absolute atomic E-state index is 12.8. The minimum atomic E-state index is -0.114. The number of halogens is 1. The predicted molar refractivity (Wildman–Crippen MR) is 122 cm³/mol. The van der Waals surface area contributed by atoms with Crippen molar-refractivity contribution in [2.24, 2.45) is 5.92 Å². The summed E-state index contributed by atoms with van der Waals surface area (Å²) in [4.78, 5) is 21.8. The molecule has 1 fully saturated rings. The summed E-state index contributed by atoms with van der Waals surface area (Å²) in [5.41, 5.74) is 3.88. The Morgan fingerprint density at radius 2 is 1.84 bits per heavy atom. The van der Waals surface area contributed by atoms with E-state index in [1.165, 1.54) is 0 Å². The number of nitrogens with zero attached hydrogens (tertiary/aromatic N) is 2. The Morgan fingerprint density at radius 1 is 1.10 bits per heavy atom. The summed E-state index contributed by atoms with van der Waals surface area (Å²) in [6, 6.07) is 13.1. The van der Waals surface area contributed by atoms with Gasteiger partial charge in [-0.2, -0.15) is 0 Å². The molecule has 160 valence electrons. The van der Waals surface area contributed by atoms with E-state index in [0.29, 0.717) is 28.9 Å². The number of ether oxygens (including phenoxy) is 1. The fourth-order valence-electron chi connectivity index (χ4n) is 3.73. The third kappa shape index (κ3) is 5.21. The molecule has 0 unspecified atom stereocenters. The third-order valence-corrected chi connectivity index (χ3v) is 5.79. The number of carbonyl (C=O) groups excluding carboxylic acids is 1. The second-order valence-electron chi connectivity index (χ2n) is 7.62. The number of nitrogens with one attached hydrogen (secondary N) is 2. The first-order valence-electron chi connectivity index (χ1n) is 10.4. The molecule has 2 aromatic heterocycles. The zero-order chi connectivity index (χ0) is 21.6. The minimum Gasteiger partial charge on any atom is -0.481 e. The molecule has 1 saturated heterocycles. The maximum atomic E-state index is 12.8. The van der Waals surface area contributed by atoms with Gasteiger partial charge in [0.25, 0.3) is 5.91 Å². The van der Waals surface area contributed by atoms with Crippen molar-refractivity contribution in [3.05, 3.63) is 65.4 Å². The molecule has 0 atom stereocenters. The van der Waals surface area contributed by atoms with Crippen LogP contribution >= 0.6 is 11.6 Å². The highest BCUT2D eigenvalue weighted by atomic mass is 35.5. The van der Waals surface area contributed by atoms with Crippen LogP contribution < -0.4 is 15.4 Å². The van der Waals surface area contributed by atoms with E-state index < -0.39 is 0 Å². The molecule has 0 radical (unpaired) electrons. The number of benzene rings is 1. The van der Waals surface area contributed by atoms with Crippen LogP contribution in [0, 0.1) is 5.92 Å². The predicted octanol–water partition coefficient (Wildman–Crippen LogP) is 4.20. The Labute approximate surface area is 187 Å². The average molecular weight is 437 g/mol. The van der Waals surface area contributed by atoms with Crippen LogP contribution in [0.1, 0.15) is 23.2 Å². The van der Waals surface area contributed by atoms with Gasteiger partial charge in [-0.3, -0.25) is 9.78 Å². The fourth-order valence-corrected chi connectivity index (χ4v) is 3.86. The molecule has 1 aliphatic heterocycles. The Bertz CT molecular complexity index is 1030. The first-order chi connectivity index (χ1) is 15.1. The largest absolute Gasteiger partial charge is 0.481 e. The smallest absolute Gasteiger partial charge is 0.252 e. The standard InChI is InChI=1S/C24H25ClN4O2/c1-31-22-7-4-18(14-27-22)21-12-19(24(30)29-13-16-8-10-26-11-9-16)15-28-23(21)17-2-5-20(25)6-3-17/h2-7,12,14-16,26H,8-11,13H2,1H3,(H,29,30). The van der Waals surface area contributed by atoms with Gasteiger partial charge >= 0.3 is 0 Å². The van der Waals surface area contributed by atoms with Crippen molar-refractivity contribution in [3.8, 4) is 28.3 Å². The van der Waals surface area contributed by atoms with Crippen molar-refractivity contribution < 1.29 is 9.53 Å². The van der Waals surface area contributed by atoms with Gasteiger partial charge in [0.1, 0.15) is 0 Å². The van der Waals surface area contributed by atoms with Crippen molar-refractivity contribution in [2.75, 3.05) is 26.7 Å². The second-order valence-corrected chi connectivity index (χ2v) is 8.06. The second kappa shape index (κ2) is 9.90. The molecule has 0 bridgehead atoms. The topological polar surface area (TPSA) is 76.1 Å². The first kappa shape index (κ1) is 21.3. The molecule has 1 aromatic carbocycles.